The van der Waals surface area contributed by atoms with Crippen molar-refractivity contribution in [1.29, 1.82) is 0 Å². The Morgan fingerprint density at radius 1 is 1.12 bits per heavy atom. The quantitative estimate of drug-likeness (QED) is 0.918. The lowest BCUT2D eigenvalue weighted by molar-refractivity contribution is -0.142. The van der Waals surface area contributed by atoms with Gasteiger partial charge in [-0.15, -0.1) is 0 Å². The van der Waals surface area contributed by atoms with Crippen LogP contribution in [0.5, 0.6) is 0 Å². The molecule has 130 valence electrons. The number of aliphatic hydroxyl groups excluding tert-OH is 1. The van der Waals surface area contributed by atoms with Crippen LogP contribution in [-0.4, -0.2) is 52.9 Å². The number of amides is 2. The van der Waals surface area contributed by atoms with E-state index < -0.39 is 6.10 Å². The number of rotatable bonds is 4. The lowest BCUT2D eigenvalue weighted by atomic mass is 9.94. The van der Waals surface area contributed by atoms with Crippen LogP contribution < -0.4 is 0 Å². The van der Waals surface area contributed by atoms with Crippen molar-refractivity contribution in [2.45, 2.75) is 38.2 Å². The van der Waals surface area contributed by atoms with E-state index in [9.17, 15) is 14.7 Å². The minimum absolute atomic E-state index is 0.214. The predicted octanol–water partition coefficient (Wildman–Crippen LogP) is 1.97. The van der Waals surface area contributed by atoms with Gasteiger partial charge in [-0.05, 0) is 37.2 Å². The first kappa shape index (κ1) is 17.0. The number of benzene rings is 1. The molecule has 1 aromatic carbocycles. The summed E-state index contributed by atoms with van der Waals surface area (Å²) in [6.45, 7) is 3.03. The molecule has 1 unspecified atom stereocenters. The molecule has 0 bridgehead atoms. The summed E-state index contributed by atoms with van der Waals surface area (Å²) in [6, 6.07) is 9.07. The lowest BCUT2D eigenvalue weighted by Gasteiger charge is -2.36. The van der Waals surface area contributed by atoms with Gasteiger partial charge in [-0.25, -0.2) is 0 Å². The molecule has 0 spiro atoms. The molecule has 2 saturated heterocycles. The standard InChI is InChI=1S/C19H26N2O3/c22-17-8-4-5-11-21(17)14-15-9-12-20(13-10-15)19(24)18(23)16-6-2-1-3-7-16/h1-3,6-7,15,18,23H,4-5,8-14H2. The number of piperidine rings is 2. The molecular formula is C19H26N2O3. The van der Waals surface area contributed by atoms with Crippen molar-refractivity contribution in [2.24, 2.45) is 5.92 Å². The van der Waals surface area contributed by atoms with Crippen LogP contribution in [0.25, 0.3) is 0 Å². The fourth-order valence-corrected chi connectivity index (χ4v) is 3.65. The van der Waals surface area contributed by atoms with Gasteiger partial charge in [0.2, 0.25) is 5.91 Å². The lowest BCUT2D eigenvalue weighted by Crippen LogP contribution is -2.45. The van der Waals surface area contributed by atoms with Crippen molar-refractivity contribution in [3.63, 3.8) is 0 Å². The second kappa shape index (κ2) is 7.79. The molecule has 5 nitrogen and oxygen atoms in total. The van der Waals surface area contributed by atoms with Crippen LogP contribution in [0.2, 0.25) is 0 Å². The number of carbonyl (C=O) groups is 2. The highest BCUT2D eigenvalue weighted by Gasteiger charge is 2.29. The third-order valence-electron chi connectivity index (χ3n) is 5.18. The van der Waals surface area contributed by atoms with E-state index in [0.717, 1.165) is 38.8 Å². The summed E-state index contributed by atoms with van der Waals surface area (Å²) in [5.74, 6) is 0.526. The molecule has 0 aliphatic carbocycles. The zero-order valence-corrected chi connectivity index (χ0v) is 14.1. The topological polar surface area (TPSA) is 60.9 Å². The SMILES string of the molecule is O=C1CCCCN1CC1CCN(C(=O)C(O)c2ccccc2)CC1. The average Bonchev–Trinajstić information content (AvgIpc) is 2.64. The van der Waals surface area contributed by atoms with Gasteiger partial charge in [-0.1, -0.05) is 30.3 Å². The fourth-order valence-electron chi connectivity index (χ4n) is 3.65. The molecular weight excluding hydrogens is 304 g/mol. The van der Waals surface area contributed by atoms with Gasteiger partial charge in [-0.3, -0.25) is 9.59 Å². The highest BCUT2D eigenvalue weighted by molar-refractivity contribution is 5.82. The molecule has 2 amide bonds. The first-order chi connectivity index (χ1) is 11.6. The summed E-state index contributed by atoms with van der Waals surface area (Å²) in [4.78, 5) is 28.1. The molecule has 2 heterocycles. The van der Waals surface area contributed by atoms with E-state index in [0.29, 0.717) is 31.0 Å². The van der Waals surface area contributed by atoms with Gasteiger partial charge < -0.3 is 14.9 Å². The van der Waals surface area contributed by atoms with E-state index in [2.05, 4.69) is 0 Å². The van der Waals surface area contributed by atoms with Crippen LogP contribution in [0.4, 0.5) is 0 Å². The Kier molecular flexibility index (Phi) is 5.51. The van der Waals surface area contributed by atoms with E-state index in [1.165, 1.54) is 0 Å². The van der Waals surface area contributed by atoms with Gasteiger partial charge in [0.1, 0.15) is 0 Å². The van der Waals surface area contributed by atoms with Crippen LogP contribution in [0.15, 0.2) is 30.3 Å². The van der Waals surface area contributed by atoms with Crippen LogP contribution in [-0.2, 0) is 9.59 Å². The molecule has 1 atom stereocenters. The summed E-state index contributed by atoms with van der Waals surface area (Å²) in [7, 11) is 0. The first-order valence-electron chi connectivity index (χ1n) is 8.94. The van der Waals surface area contributed by atoms with E-state index in [4.69, 9.17) is 0 Å². The van der Waals surface area contributed by atoms with E-state index in [1.807, 2.05) is 23.1 Å². The van der Waals surface area contributed by atoms with Gasteiger partial charge >= 0.3 is 0 Å². The summed E-state index contributed by atoms with van der Waals surface area (Å²) in [6.07, 6.45) is 3.52. The van der Waals surface area contributed by atoms with E-state index in [1.54, 1.807) is 17.0 Å². The Morgan fingerprint density at radius 3 is 2.50 bits per heavy atom. The number of hydrogen-bond acceptors (Lipinski definition) is 3. The Bertz CT molecular complexity index is 567. The molecule has 2 aliphatic heterocycles. The number of hydrogen-bond donors (Lipinski definition) is 1. The molecule has 0 radical (unpaired) electrons. The van der Waals surface area contributed by atoms with Crippen molar-refractivity contribution in [3.8, 4) is 0 Å². The smallest absolute Gasteiger partial charge is 0.256 e. The van der Waals surface area contributed by atoms with Crippen LogP contribution in [0.3, 0.4) is 0 Å². The normalized spacial score (nSPS) is 21.0. The highest BCUT2D eigenvalue weighted by Crippen LogP contribution is 2.24. The average molecular weight is 330 g/mol. The molecule has 0 saturated carbocycles. The zero-order chi connectivity index (χ0) is 16.9. The third-order valence-corrected chi connectivity index (χ3v) is 5.18. The minimum Gasteiger partial charge on any atom is -0.378 e. The Hall–Kier alpha value is -1.88. The second-order valence-electron chi connectivity index (χ2n) is 6.88. The maximum absolute atomic E-state index is 12.5. The summed E-state index contributed by atoms with van der Waals surface area (Å²) >= 11 is 0. The highest BCUT2D eigenvalue weighted by atomic mass is 16.3. The summed E-state index contributed by atoms with van der Waals surface area (Å²) in [5.41, 5.74) is 0.642. The minimum atomic E-state index is -1.08. The van der Waals surface area contributed by atoms with Crippen molar-refractivity contribution < 1.29 is 14.7 Å². The zero-order valence-electron chi connectivity index (χ0n) is 14.1. The monoisotopic (exact) mass is 330 g/mol. The Morgan fingerprint density at radius 2 is 1.83 bits per heavy atom. The van der Waals surface area contributed by atoms with Crippen molar-refractivity contribution in [1.82, 2.24) is 9.80 Å². The Labute approximate surface area is 143 Å². The first-order valence-corrected chi connectivity index (χ1v) is 8.94. The van der Waals surface area contributed by atoms with Crippen LogP contribution >= 0.6 is 0 Å². The molecule has 2 fully saturated rings. The maximum atomic E-state index is 12.5. The van der Waals surface area contributed by atoms with Crippen LogP contribution in [0, 0.1) is 5.92 Å². The number of nitrogens with zero attached hydrogens (tertiary/aromatic N) is 2. The number of likely N-dealkylation sites (tertiary alicyclic amines) is 2. The van der Waals surface area contributed by atoms with E-state index >= 15 is 0 Å². The van der Waals surface area contributed by atoms with Crippen molar-refractivity contribution >= 4 is 11.8 Å². The number of carbonyl (C=O) groups excluding carboxylic acids is 2. The van der Waals surface area contributed by atoms with Gasteiger partial charge in [0, 0.05) is 32.6 Å². The molecule has 2 aliphatic rings. The molecule has 1 N–H and O–H groups in total. The number of aliphatic hydroxyl groups is 1. The molecule has 0 aromatic heterocycles. The summed E-state index contributed by atoms with van der Waals surface area (Å²) in [5, 5.41) is 10.3. The van der Waals surface area contributed by atoms with Gasteiger partial charge in [0.15, 0.2) is 6.10 Å². The Balaban J connectivity index is 1.49. The largest absolute Gasteiger partial charge is 0.378 e. The fraction of sp³-hybridized carbons (Fsp3) is 0.579. The van der Waals surface area contributed by atoms with Crippen LogP contribution in [0.1, 0.15) is 43.8 Å². The van der Waals surface area contributed by atoms with Gasteiger partial charge in [-0.2, -0.15) is 0 Å². The second-order valence-corrected chi connectivity index (χ2v) is 6.88. The third kappa shape index (κ3) is 3.96. The van der Waals surface area contributed by atoms with E-state index in [-0.39, 0.29) is 11.8 Å². The molecule has 24 heavy (non-hydrogen) atoms. The molecule has 3 rings (SSSR count). The summed E-state index contributed by atoms with van der Waals surface area (Å²) < 4.78 is 0. The predicted molar refractivity (Wildman–Crippen MR) is 91.1 cm³/mol. The molecule has 5 heteroatoms. The van der Waals surface area contributed by atoms with Crippen molar-refractivity contribution in [2.75, 3.05) is 26.2 Å². The van der Waals surface area contributed by atoms with Crippen molar-refractivity contribution in [3.05, 3.63) is 35.9 Å². The maximum Gasteiger partial charge on any atom is 0.256 e. The van der Waals surface area contributed by atoms with Gasteiger partial charge in [0.25, 0.3) is 5.91 Å². The molecule has 1 aromatic rings. The van der Waals surface area contributed by atoms with Gasteiger partial charge in [0.05, 0.1) is 0 Å².